The van der Waals surface area contributed by atoms with Crippen LogP contribution in [0.4, 0.5) is 17.3 Å². The topological polar surface area (TPSA) is 79.8 Å². The molecule has 1 amide bonds. The Labute approximate surface area is 163 Å². The summed E-state index contributed by atoms with van der Waals surface area (Å²) in [4.78, 5) is 24.6. The van der Waals surface area contributed by atoms with Gasteiger partial charge in [0.2, 0.25) is 5.91 Å². The molecule has 0 radical (unpaired) electrons. The molecule has 0 spiro atoms. The van der Waals surface area contributed by atoms with E-state index in [0.717, 1.165) is 22.0 Å². The van der Waals surface area contributed by atoms with Crippen molar-refractivity contribution in [2.45, 2.75) is 13.3 Å². The van der Waals surface area contributed by atoms with E-state index in [9.17, 15) is 4.79 Å². The Kier molecular flexibility index (Phi) is 5.80. The molecule has 0 saturated heterocycles. The van der Waals surface area contributed by atoms with E-state index in [1.54, 1.807) is 24.4 Å². The number of aromatic nitrogens is 3. The van der Waals surface area contributed by atoms with E-state index in [0.29, 0.717) is 22.2 Å². The van der Waals surface area contributed by atoms with Crippen molar-refractivity contribution in [3.63, 3.8) is 0 Å². The van der Waals surface area contributed by atoms with Crippen LogP contribution in [0.5, 0.6) is 0 Å². The predicted octanol–water partition coefficient (Wildman–Crippen LogP) is 5.09. The van der Waals surface area contributed by atoms with Crippen LogP contribution in [-0.4, -0.2) is 20.9 Å². The molecule has 0 aliphatic rings. The number of carbonyl (C=O) groups is 1. The van der Waals surface area contributed by atoms with Crippen molar-refractivity contribution >= 4 is 61.7 Å². The van der Waals surface area contributed by atoms with Crippen molar-refractivity contribution < 1.29 is 4.79 Å². The Bertz CT molecular complexity index is 992. The number of pyridine rings is 1. The van der Waals surface area contributed by atoms with Crippen molar-refractivity contribution in [2.75, 3.05) is 10.6 Å². The third kappa shape index (κ3) is 4.36. The standard InChI is InChI=1S/C18H15BrClN5O/c1-2-3-4-17(26)25-16-8-12-15(9-21-16)22-10-23-18(12)24-11-5-6-14(20)13(19)7-11/h3-10H,2H2,1H3,(H,21,25,26)(H,22,23,24)/b4-3+. The summed E-state index contributed by atoms with van der Waals surface area (Å²) in [6, 6.07) is 7.22. The van der Waals surface area contributed by atoms with E-state index in [-0.39, 0.29) is 5.91 Å². The zero-order valence-corrected chi connectivity index (χ0v) is 16.2. The maximum atomic E-state index is 11.9. The Morgan fingerprint density at radius 3 is 2.88 bits per heavy atom. The number of anilines is 3. The molecule has 1 aromatic carbocycles. The number of nitrogens with zero attached hydrogens (tertiary/aromatic N) is 3. The summed E-state index contributed by atoms with van der Waals surface area (Å²) in [6.07, 6.45) is 7.11. The quantitative estimate of drug-likeness (QED) is 0.549. The summed E-state index contributed by atoms with van der Waals surface area (Å²) in [5.74, 6) is 0.802. The molecule has 3 aromatic rings. The highest BCUT2D eigenvalue weighted by Crippen LogP contribution is 2.29. The van der Waals surface area contributed by atoms with Gasteiger partial charge in [0, 0.05) is 15.5 Å². The molecule has 8 heteroatoms. The van der Waals surface area contributed by atoms with Gasteiger partial charge in [-0.25, -0.2) is 15.0 Å². The first kappa shape index (κ1) is 18.3. The molecule has 3 rings (SSSR count). The fraction of sp³-hybridized carbons (Fsp3) is 0.111. The monoisotopic (exact) mass is 431 g/mol. The van der Waals surface area contributed by atoms with Crippen LogP contribution in [-0.2, 0) is 4.79 Å². The van der Waals surface area contributed by atoms with E-state index in [1.165, 1.54) is 12.4 Å². The van der Waals surface area contributed by atoms with Crippen LogP contribution in [0.1, 0.15) is 13.3 Å². The lowest BCUT2D eigenvalue weighted by molar-refractivity contribution is -0.111. The van der Waals surface area contributed by atoms with Gasteiger partial charge in [-0.15, -0.1) is 0 Å². The highest BCUT2D eigenvalue weighted by atomic mass is 79.9. The van der Waals surface area contributed by atoms with E-state index < -0.39 is 0 Å². The second-order valence-electron chi connectivity index (χ2n) is 5.36. The van der Waals surface area contributed by atoms with E-state index in [2.05, 4.69) is 41.5 Å². The second-order valence-corrected chi connectivity index (χ2v) is 6.62. The largest absolute Gasteiger partial charge is 0.340 e. The van der Waals surface area contributed by atoms with Crippen LogP contribution in [0.15, 0.2) is 53.4 Å². The Morgan fingerprint density at radius 2 is 2.12 bits per heavy atom. The smallest absolute Gasteiger partial charge is 0.249 e. The van der Waals surface area contributed by atoms with Gasteiger partial charge >= 0.3 is 0 Å². The summed E-state index contributed by atoms with van der Waals surface area (Å²) in [5.41, 5.74) is 1.48. The number of rotatable bonds is 5. The summed E-state index contributed by atoms with van der Waals surface area (Å²) >= 11 is 9.43. The molecule has 26 heavy (non-hydrogen) atoms. The van der Waals surface area contributed by atoms with Crippen molar-refractivity contribution in [1.29, 1.82) is 0 Å². The Balaban J connectivity index is 1.92. The SMILES string of the molecule is CC/C=C/C(=O)Nc1cc2c(Nc3ccc(Cl)c(Br)c3)ncnc2cn1. The molecule has 0 saturated carbocycles. The zero-order valence-electron chi connectivity index (χ0n) is 13.8. The van der Waals surface area contributed by atoms with Gasteiger partial charge in [0.15, 0.2) is 0 Å². The number of allylic oxidation sites excluding steroid dienone is 1. The lowest BCUT2D eigenvalue weighted by Gasteiger charge is -2.10. The van der Waals surface area contributed by atoms with Gasteiger partial charge in [-0.1, -0.05) is 24.6 Å². The molecule has 0 aliphatic carbocycles. The van der Waals surface area contributed by atoms with Gasteiger partial charge in [-0.3, -0.25) is 4.79 Å². The third-order valence-corrected chi connectivity index (χ3v) is 4.67. The van der Waals surface area contributed by atoms with Gasteiger partial charge in [-0.05, 0) is 52.7 Å². The summed E-state index contributed by atoms with van der Waals surface area (Å²) in [5, 5.41) is 7.33. The van der Waals surface area contributed by atoms with E-state index >= 15 is 0 Å². The number of benzene rings is 1. The number of nitrogens with one attached hydrogen (secondary N) is 2. The minimum Gasteiger partial charge on any atom is -0.340 e. The average molecular weight is 433 g/mol. The molecule has 6 nitrogen and oxygen atoms in total. The first-order valence-electron chi connectivity index (χ1n) is 7.87. The minimum absolute atomic E-state index is 0.230. The fourth-order valence-electron chi connectivity index (χ4n) is 2.23. The highest BCUT2D eigenvalue weighted by molar-refractivity contribution is 9.10. The van der Waals surface area contributed by atoms with Gasteiger partial charge < -0.3 is 10.6 Å². The second kappa shape index (κ2) is 8.25. The predicted molar refractivity (Wildman–Crippen MR) is 108 cm³/mol. The zero-order chi connectivity index (χ0) is 18.5. The van der Waals surface area contributed by atoms with Gasteiger partial charge in [-0.2, -0.15) is 0 Å². The van der Waals surface area contributed by atoms with Crippen LogP contribution >= 0.6 is 27.5 Å². The summed E-state index contributed by atoms with van der Waals surface area (Å²) < 4.78 is 0.778. The van der Waals surface area contributed by atoms with E-state index in [1.807, 2.05) is 19.1 Å². The van der Waals surface area contributed by atoms with Crippen molar-refractivity contribution in [3.8, 4) is 0 Å². The minimum atomic E-state index is -0.230. The molecule has 2 N–H and O–H groups in total. The maximum Gasteiger partial charge on any atom is 0.249 e. The fourth-order valence-corrected chi connectivity index (χ4v) is 2.73. The molecular weight excluding hydrogens is 418 g/mol. The number of fused-ring (bicyclic) bond motifs is 1. The summed E-state index contributed by atoms with van der Waals surface area (Å²) in [7, 11) is 0. The third-order valence-electron chi connectivity index (χ3n) is 3.46. The lowest BCUT2D eigenvalue weighted by atomic mass is 10.2. The molecular formula is C18H15BrClN5O. The highest BCUT2D eigenvalue weighted by Gasteiger charge is 2.08. The molecule has 0 bridgehead atoms. The number of amides is 1. The van der Waals surface area contributed by atoms with Crippen LogP contribution < -0.4 is 10.6 Å². The number of halogens is 2. The number of hydrogen-bond acceptors (Lipinski definition) is 5. The van der Waals surface area contributed by atoms with Crippen molar-refractivity contribution in [1.82, 2.24) is 15.0 Å². The Hall–Kier alpha value is -2.51. The average Bonchev–Trinajstić information content (AvgIpc) is 2.63. The first-order chi connectivity index (χ1) is 12.6. The molecule has 2 heterocycles. The van der Waals surface area contributed by atoms with Crippen LogP contribution in [0.25, 0.3) is 10.9 Å². The van der Waals surface area contributed by atoms with Crippen LogP contribution in [0, 0.1) is 0 Å². The molecule has 132 valence electrons. The molecule has 0 unspecified atom stereocenters. The molecule has 0 aliphatic heterocycles. The molecule has 2 aromatic heterocycles. The Morgan fingerprint density at radius 1 is 1.27 bits per heavy atom. The molecule has 0 fully saturated rings. The normalized spacial score (nSPS) is 11.0. The van der Waals surface area contributed by atoms with Crippen LogP contribution in [0.3, 0.4) is 0 Å². The lowest BCUT2D eigenvalue weighted by Crippen LogP contribution is -2.09. The van der Waals surface area contributed by atoms with Crippen molar-refractivity contribution in [3.05, 3.63) is 58.4 Å². The summed E-state index contributed by atoms with van der Waals surface area (Å²) in [6.45, 7) is 1.96. The first-order valence-corrected chi connectivity index (χ1v) is 9.04. The van der Waals surface area contributed by atoms with Gasteiger partial charge in [0.1, 0.15) is 18.0 Å². The van der Waals surface area contributed by atoms with Gasteiger partial charge in [0.05, 0.1) is 16.7 Å². The molecule has 0 atom stereocenters. The van der Waals surface area contributed by atoms with E-state index in [4.69, 9.17) is 11.6 Å². The van der Waals surface area contributed by atoms with Gasteiger partial charge in [0.25, 0.3) is 0 Å². The number of carbonyl (C=O) groups excluding carboxylic acids is 1. The van der Waals surface area contributed by atoms with Crippen LogP contribution in [0.2, 0.25) is 5.02 Å². The number of hydrogen-bond donors (Lipinski definition) is 2. The maximum absolute atomic E-state index is 11.9. The van der Waals surface area contributed by atoms with Crippen molar-refractivity contribution in [2.24, 2.45) is 0 Å².